The number of rotatable bonds is 2. The Morgan fingerprint density at radius 2 is 1.79 bits per heavy atom. The highest BCUT2D eigenvalue weighted by molar-refractivity contribution is 6.01. The van der Waals surface area contributed by atoms with Gasteiger partial charge in [-0.1, -0.05) is 31.2 Å². The molecule has 2 aromatic rings. The second-order valence-electron chi connectivity index (χ2n) is 6.04. The van der Waals surface area contributed by atoms with E-state index in [1.54, 1.807) is 0 Å². The van der Waals surface area contributed by atoms with E-state index in [1.807, 2.05) is 0 Å². The van der Waals surface area contributed by atoms with E-state index in [2.05, 4.69) is 68.7 Å². The highest BCUT2D eigenvalue weighted by atomic mass is 15.1. The molecular weight excluding hydrogens is 230 g/mol. The third-order valence-electron chi connectivity index (χ3n) is 4.58. The fraction of sp³-hybridized carbons (Fsp3) is 0.389. The Balaban J connectivity index is 2.35. The van der Waals surface area contributed by atoms with E-state index in [0.717, 1.165) is 6.54 Å². The molecule has 2 aromatic carbocycles. The SMILES string of the molecule is CCC[N+]1=C(C)C(C)(C)c2c1ccc1ccccc21. The molecule has 0 atom stereocenters. The Morgan fingerprint density at radius 1 is 1.05 bits per heavy atom. The maximum Gasteiger partial charge on any atom is 0.210 e. The zero-order chi connectivity index (χ0) is 13.6. The van der Waals surface area contributed by atoms with Crippen LogP contribution in [0.5, 0.6) is 0 Å². The first-order chi connectivity index (χ1) is 9.07. The van der Waals surface area contributed by atoms with Crippen molar-refractivity contribution < 1.29 is 4.58 Å². The van der Waals surface area contributed by atoms with Gasteiger partial charge in [-0.15, -0.1) is 0 Å². The van der Waals surface area contributed by atoms with Crippen molar-refractivity contribution in [2.24, 2.45) is 0 Å². The van der Waals surface area contributed by atoms with Crippen LogP contribution >= 0.6 is 0 Å². The number of benzene rings is 2. The smallest absolute Gasteiger partial charge is 0.199 e. The van der Waals surface area contributed by atoms with Gasteiger partial charge in [0.2, 0.25) is 5.69 Å². The molecule has 0 N–H and O–H groups in total. The van der Waals surface area contributed by atoms with Crippen LogP contribution in [0.3, 0.4) is 0 Å². The Bertz CT molecular complexity index is 677. The van der Waals surface area contributed by atoms with Crippen molar-refractivity contribution >= 4 is 22.2 Å². The van der Waals surface area contributed by atoms with E-state index < -0.39 is 0 Å². The van der Waals surface area contributed by atoms with Gasteiger partial charge < -0.3 is 0 Å². The lowest BCUT2D eigenvalue weighted by atomic mass is 9.80. The highest BCUT2D eigenvalue weighted by Crippen LogP contribution is 2.43. The minimum atomic E-state index is 0.130. The van der Waals surface area contributed by atoms with Crippen molar-refractivity contribution in [2.45, 2.75) is 39.5 Å². The van der Waals surface area contributed by atoms with Gasteiger partial charge in [-0.05, 0) is 30.7 Å². The number of fused-ring (bicyclic) bond motifs is 3. The average Bonchev–Trinajstić information content (AvgIpc) is 2.60. The molecule has 0 amide bonds. The molecular formula is C18H22N+. The molecule has 0 radical (unpaired) electrons. The fourth-order valence-corrected chi connectivity index (χ4v) is 3.35. The van der Waals surface area contributed by atoms with E-state index in [4.69, 9.17) is 0 Å². The maximum atomic E-state index is 2.50. The number of nitrogens with zero attached hydrogens (tertiary/aromatic N) is 1. The lowest BCUT2D eigenvalue weighted by Crippen LogP contribution is -2.26. The second kappa shape index (κ2) is 4.19. The lowest BCUT2D eigenvalue weighted by molar-refractivity contribution is -0.438. The molecule has 19 heavy (non-hydrogen) atoms. The standard InChI is InChI=1S/C18H22N/c1-5-12-19-13(2)18(3,4)17-15-9-7-6-8-14(15)10-11-16(17)19/h6-11H,5,12H2,1-4H3/q+1. The van der Waals surface area contributed by atoms with Gasteiger partial charge in [0.15, 0.2) is 5.71 Å². The quantitative estimate of drug-likeness (QED) is 0.685. The molecule has 0 aromatic heterocycles. The summed E-state index contributed by atoms with van der Waals surface area (Å²) in [7, 11) is 0. The Morgan fingerprint density at radius 3 is 2.53 bits per heavy atom. The summed E-state index contributed by atoms with van der Waals surface area (Å²) in [5.41, 5.74) is 4.51. The summed E-state index contributed by atoms with van der Waals surface area (Å²) in [6.07, 6.45) is 1.18. The molecule has 1 aliphatic heterocycles. The third kappa shape index (κ3) is 1.64. The van der Waals surface area contributed by atoms with Gasteiger partial charge in [0.05, 0.1) is 5.41 Å². The second-order valence-corrected chi connectivity index (χ2v) is 6.04. The van der Waals surface area contributed by atoms with Gasteiger partial charge in [0.1, 0.15) is 6.54 Å². The van der Waals surface area contributed by atoms with Gasteiger partial charge in [-0.25, -0.2) is 0 Å². The predicted molar refractivity (Wildman–Crippen MR) is 82.7 cm³/mol. The van der Waals surface area contributed by atoms with E-state index in [9.17, 15) is 0 Å². The molecule has 3 rings (SSSR count). The minimum Gasteiger partial charge on any atom is -0.199 e. The Labute approximate surface area is 115 Å². The van der Waals surface area contributed by atoms with Crippen LogP contribution in [-0.2, 0) is 5.41 Å². The van der Waals surface area contributed by atoms with Gasteiger partial charge in [-0.3, -0.25) is 0 Å². The topological polar surface area (TPSA) is 3.01 Å². The van der Waals surface area contributed by atoms with Gasteiger partial charge in [0.25, 0.3) is 0 Å². The molecule has 1 heterocycles. The zero-order valence-corrected chi connectivity index (χ0v) is 12.3. The summed E-state index contributed by atoms with van der Waals surface area (Å²) in [4.78, 5) is 0. The first-order valence-corrected chi connectivity index (χ1v) is 7.21. The summed E-state index contributed by atoms with van der Waals surface area (Å²) < 4.78 is 2.50. The van der Waals surface area contributed by atoms with E-state index in [-0.39, 0.29) is 5.41 Å². The molecule has 0 bridgehead atoms. The first kappa shape index (κ1) is 12.4. The van der Waals surface area contributed by atoms with Gasteiger partial charge >= 0.3 is 0 Å². The summed E-state index contributed by atoms with van der Waals surface area (Å²) >= 11 is 0. The van der Waals surface area contributed by atoms with Crippen LogP contribution in [0.15, 0.2) is 36.4 Å². The van der Waals surface area contributed by atoms with E-state index >= 15 is 0 Å². The van der Waals surface area contributed by atoms with Gasteiger partial charge in [-0.2, -0.15) is 4.58 Å². The van der Waals surface area contributed by atoms with Crippen molar-refractivity contribution in [3.8, 4) is 0 Å². The molecule has 1 heteroatoms. The van der Waals surface area contributed by atoms with Crippen molar-refractivity contribution in [1.82, 2.24) is 0 Å². The largest absolute Gasteiger partial charge is 0.210 e. The van der Waals surface area contributed by atoms with Crippen LogP contribution in [0.4, 0.5) is 5.69 Å². The van der Waals surface area contributed by atoms with E-state index in [0.29, 0.717) is 0 Å². The molecule has 1 nitrogen and oxygen atoms in total. The lowest BCUT2D eigenvalue weighted by Gasteiger charge is -2.17. The molecule has 0 aliphatic carbocycles. The Hall–Kier alpha value is -1.63. The molecule has 0 saturated heterocycles. The summed E-state index contributed by atoms with van der Waals surface area (Å²) in [6.45, 7) is 10.3. The zero-order valence-electron chi connectivity index (χ0n) is 12.3. The number of hydrogen-bond acceptors (Lipinski definition) is 0. The first-order valence-electron chi connectivity index (χ1n) is 7.21. The van der Waals surface area contributed by atoms with Crippen molar-refractivity contribution in [1.29, 1.82) is 0 Å². The molecule has 0 spiro atoms. The normalized spacial score (nSPS) is 17.1. The summed E-state index contributed by atoms with van der Waals surface area (Å²) in [5, 5.41) is 2.75. The van der Waals surface area contributed by atoms with Crippen LogP contribution in [0.25, 0.3) is 10.8 Å². The fourth-order valence-electron chi connectivity index (χ4n) is 3.35. The van der Waals surface area contributed by atoms with Crippen LogP contribution in [0, 0.1) is 0 Å². The van der Waals surface area contributed by atoms with Crippen LogP contribution in [0.2, 0.25) is 0 Å². The van der Waals surface area contributed by atoms with Crippen molar-refractivity contribution in [3.05, 3.63) is 42.0 Å². The maximum absolute atomic E-state index is 2.50. The Kier molecular flexibility index (Phi) is 2.74. The molecule has 98 valence electrons. The van der Waals surface area contributed by atoms with Crippen LogP contribution in [0.1, 0.15) is 39.7 Å². The third-order valence-corrected chi connectivity index (χ3v) is 4.58. The molecule has 0 fully saturated rings. The van der Waals surface area contributed by atoms with E-state index in [1.165, 1.54) is 34.2 Å². The van der Waals surface area contributed by atoms with Gasteiger partial charge in [0, 0.05) is 25.0 Å². The van der Waals surface area contributed by atoms with Crippen molar-refractivity contribution in [3.63, 3.8) is 0 Å². The molecule has 0 saturated carbocycles. The summed E-state index contributed by atoms with van der Waals surface area (Å²) in [6, 6.07) is 13.3. The highest BCUT2D eigenvalue weighted by Gasteiger charge is 2.43. The van der Waals surface area contributed by atoms with Crippen molar-refractivity contribution in [2.75, 3.05) is 6.54 Å². The minimum absolute atomic E-state index is 0.130. The monoisotopic (exact) mass is 252 g/mol. The van der Waals surface area contributed by atoms with Crippen LogP contribution < -0.4 is 0 Å². The predicted octanol–water partition coefficient (Wildman–Crippen LogP) is 4.65. The molecule has 1 aliphatic rings. The van der Waals surface area contributed by atoms with Crippen LogP contribution in [-0.4, -0.2) is 16.8 Å². The molecule has 0 unspecified atom stereocenters. The number of hydrogen-bond donors (Lipinski definition) is 0. The average molecular weight is 252 g/mol. The summed E-state index contributed by atoms with van der Waals surface area (Å²) in [5.74, 6) is 0.